The third kappa shape index (κ3) is 2.50. The molecule has 4 N–H and O–H groups in total. The molecule has 0 bridgehead atoms. The van der Waals surface area contributed by atoms with E-state index in [1.165, 1.54) is 0 Å². The molecule has 2 aromatic heterocycles. The smallest absolute Gasteiger partial charge is 0.253 e. The van der Waals surface area contributed by atoms with Crippen LogP contribution in [0.25, 0.3) is 10.9 Å². The molecule has 5 heteroatoms. The third-order valence-corrected chi connectivity index (χ3v) is 3.29. The Labute approximate surface area is 127 Å². The number of carbonyl (C=O) groups is 1. The van der Waals surface area contributed by atoms with Gasteiger partial charge in [0.05, 0.1) is 5.56 Å². The van der Waals surface area contributed by atoms with Crippen LogP contribution in [0, 0.1) is 11.8 Å². The third-order valence-electron chi connectivity index (χ3n) is 3.29. The van der Waals surface area contributed by atoms with Crippen molar-refractivity contribution >= 4 is 22.6 Å². The number of fused-ring (bicyclic) bond motifs is 1. The van der Waals surface area contributed by atoms with Crippen LogP contribution in [0.15, 0.2) is 42.6 Å². The van der Waals surface area contributed by atoms with E-state index in [4.69, 9.17) is 5.73 Å². The Morgan fingerprint density at radius 1 is 1.27 bits per heavy atom. The number of aromatic amines is 1. The van der Waals surface area contributed by atoms with Crippen LogP contribution in [0.1, 0.15) is 21.6 Å². The summed E-state index contributed by atoms with van der Waals surface area (Å²) in [5, 5.41) is 3.72. The molecular formula is C17H14N4O. The van der Waals surface area contributed by atoms with Crippen molar-refractivity contribution in [1.29, 1.82) is 0 Å². The molecular weight excluding hydrogens is 276 g/mol. The lowest BCUT2D eigenvalue weighted by Gasteiger charge is -1.98. The van der Waals surface area contributed by atoms with Crippen LogP contribution in [0.4, 0.5) is 5.82 Å². The number of aromatic nitrogens is 2. The molecule has 0 aliphatic carbocycles. The second-order valence-corrected chi connectivity index (χ2v) is 4.71. The predicted octanol–water partition coefficient (Wildman–Crippen LogP) is 2.10. The van der Waals surface area contributed by atoms with Crippen molar-refractivity contribution in [3.63, 3.8) is 0 Å². The van der Waals surface area contributed by atoms with E-state index in [-0.39, 0.29) is 0 Å². The number of nitrogens with zero attached hydrogens (tertiary/aromatic N) is 1. The van der Waals surface area contributed by atoms with Crippen molar-refractivity contribution < 1.29 is 4.79 Å². The molecule has 0 saturated carbocycles. The maximum absolute atomic E-state index is 11.6. The van der Waals surface area contributed by atoms with Crippen LogP contribution in [-0.2, 0) is 0 Å². The van der Waals surface area contributed by atoms with E-state index in [0.717, 1.165) is 16.5 Å². The number of hydrogen-bond donors (Lipinski definition) is 3. The molecule has 108 valence electrons. The van der Waals surface area contributed by atoms with Crippen molar-refractivity contribution in [1.82, 2.24) is 9.97 Å². The second kappa shape index (κ2) is 5.62. The first kappa shape index (κ1) is 13.7. The zero-order valence-electron chi connectivity index (χ0n) is 12.0. The van der Waals surface area contributed by atoms with Crippen molar-refractivity contribution in [3.8, 4) is 11.8 Å². The first-order valence-electron chi connectivity index (χ1n) is 6.75. The van der Waals surface area contributed by atoms with Gasteiger partial charge in [-0.25, -0.2) is 4.98 Å². The lowest BCUT2D eigenvalue weighted by atomic mass is 10.1. The van der Waals surface area contributed by atoms with Crippen molar-refractivity contribution in [2.45, 2.75) is 0 Å². The van der Waals surface area contributed by atoms with Gasteiger partial charge in [0.2, 0.25) is 0 Å². The van der Waals surface area contributed by atoms with E-state index in [1.807, 2.05) is 36.4 Å². The van der Waals surface area contributed by atoms with E-state index in [0.29, 0.717) is 17.1 Å². The highest BCUT2D eigenvalue weighted by atomic mass is 16.1. The summed E-state index contributed by atoms with van der Waals surface area (Å²) in [5.74, 6) is 6.20. The van der Waals surface area contributed by atoms with Crippen molar-refractivity contribution in [3.05, 3.63) is 59.4 Å². The monoisotopic (exact) mass is 290 g/mol. The lowest BCUT2D eigenvalue weighted by molar-refractivity contribution is 0.100. The summed E-state index contributed by atoms with van der Waals surface area (Å²) in [6, 6.07) is 11.2. The fourth-order valence-electron chi connectivity index (χ4n) is 2.29. The number of anilines is 1. The van der Waals surface area contributed by atoms with Crippen LogP contribution < -0.4 is 11.1 Å². The number of rotatable bonds is 2. The quantitative estimate of drug-likeness (QED) is 0.632. The number of benzene rings is 1. The van der Waals surface area contributed by atoms with Crippen LogP contribution in [0.3, 0.4) is 0 Å². The number of pyridine rings is 1. The molecule has 3 rings (SSSR count). The summed E-state index contributed by atoms with van der Waals surface area (Å²) >= 11 is 0. The van der Waals surface area contributed by atoms with E-state index in [1.54, 1.807) is 13.2 Å². The van der Waals surface area contributed by atoms with Gasteiger partial charge in [-0.05, 0) is 30.2 Å². The van der Waals surface area contributed by atoms with E-state index < -0.39 is 5.91 Å². The molecule has 1 amide bonds. The Kier molecular flexibility index (Phi) is 3.50. The Morgan fingerprint density at radius 2 is 2.14 bits per heavy atom. The topological polar surface area (TPSA) is 83.8 Å². The average molecular weight is 290 g/mol. The normalized spacial score (nSPS) is 10.0. The Hall–Kier alpha value is -3.26. The maximum atomic E-state index is 11.6. The summed E-state index contributed by atoms with van der Waals surface area (Å²) in [5.41, 5.74) is 8.25. The zero-order valence-corrected chi connectivity index (χ0v) is 12.0. The largest absolute Gasteiger partial charge is 0.374 e. The number of hydrogen-bond acceptors (Lipinski definition) is 3. The molecule has 22 heavy (non-hydrogen) atoms. The number of amides is 1. The summed E-state index contributed by atoms with van der Waals surface area (Å²) < 4.78 is 0. The average Bonchev–Trinajstić information content (AvgIpc) is 2.91. The highest BCUT2D eigenvalue weighted by Crippen LogP contribution is 2.26. The molecule has 0 aliphatic rings. The standard InChI is InChI=1S/C17H14N4O/c1-19-17-15(16(18)22)13-8-6-11(10-14(13)21-17)5-7-12-4-2-3-9-20-12/h2-4,6,8-10,19,21H,1H3,(H2,18,22). The molecule has 0 unspecified atom stereocenters. The van der Waals surface area contributed by atoms with Gasteiger partial charge in [-0.1, -0.05) is 18.1 Å². The van der Waals surface area contributed by atoms with Crippen LogP contribution >= 0.6 is 0 Å². The minimum Gasteiger partial charge on any atom is -0.374 e. The first-order chi connectivity index (χ1) is 10.7. The molecule has 0 aliphatic heterocycles. The maximum Gasteiger partial charge on any atom is 0.253 e. The Morgan fingerprint density at radius 3 is 2.82 bits per heavy atom. The predicted molar refractivity (Wildman–Crippen MR) is 86.6 cm³/mol. The van der Waals surface area contributed by atoms with Crippen LogP contribution in [0.5, 0.6) is 0 Å². The van der Waals surface area contributed by atoms with Crippen LogP contribution in [-0.4, -0.2) is 22.9 Å². The van der Waals surface area contributed by atoms with Gasteiger partial charge in [0.15, 0.2) is 0 Å². The van der Waals surface area contributed by atoms with Crippen LogP contribution in [0.2, 0.25) is 0 Å². The summed E-state index contributed by atoms with van der Waals surface area (Å²) in [6.45, 7) is 0. The van der Waals surface area contributed by atoms with Crippen molar-refractivity contribution in [2.24, 2.45) is 5.73 Å². The molecule has 0 spiro atoms. The van der Waals surface area contributed by atoms with Gasteiger partial charge in [0.1, 0.15) is 11.5 Å². The van der Waals surface area contributed by atoms with Gasteiger partial charge < -0.3 is 16.0 Å². The zero-order chi connectivity index (χ0) is 15.5. The highest BCUT2D eigenvalue weighted by molar-refractivity contribution is 6.11. The summed E-state index contributed by atoms with van der Waals surface area (Å²) in [7, 11) is 1.74. The molecule has 0 radical (unpaired) electrons. The lowest BCUT2D eigenvalue weighted by Crippen LogP contribution is -2.12. The van der Waals surface area contributed by atoms with E-state index in [2.05, 4.69) is 27.1 Å². The second-order valence-electron chi connectivity index (χ2n) is 4.71. The molecule has 0 saturated heterocycles. The number of primary amides is 1. The van der Waals surface area contributed by atoms with Gasteiger partial charge in [-0.15, -0.1) is 0 Å². The number of carbonyl (C=O) groups excluding carboxylic acids is 1. The Balaban J connectivity index is 2.04. The number of nitrogens with two attached hydrogens (primary N) is 1. The number of nitrogens with one attached hydrogen (secondary N) is 2. The minimum atomic E-state index is -0.470. The number of H-pyrrole nitrogens is 1. The minimum absolute atomic E-state index is 0.460. The van der Waals surface area contributed by atoms with E-state index in [9.17, 15) is 4.79 Å². The van der Waals surface area contributed by atoms with Crippen molar-refractivity contribution in [2.75, 3.05) is 12.4 Å². The first-order valence-corrected chi connectivity index (χ1v) is 6.75. The molecule has 1 aromatic carbocycles. The fraction of sp³-hybridized carbons (Fsp3) is 0.0588. The fourth-order valence-corrected chi connectivity index (χ4v) is 2.29. The summed E-state index contributed by atoms with van der Waals surface area (Å²) in [6.07, 6.45) is 1.70. The SMILES string of the molecule is CNc1[nH]c2cc(C#Cc3ccccn3)ccc2c1C(N)=O. The van der Waals surface area contributed by atoms with Gasteiger partial charge >= 0.3 is 0 Å². The van der Waals surface area contributed by atoms with Gasteiger partial charge in [0.25, 0.3) is 5.91 Å². The molecule has 0 atom stereocenters. The summed E-state index contributed by atoms with van der Waals surface area (Å²) in [4.78, 5) is 18.9. The molecule has 3 aromatic rings. The Bertz CT molecular complexity index is 901. The van der Waals surface area contributed by atoms with Gasteiger partial charge in [0, 0.05) is 29.7 Å². The van der Waals surface area contributed by atoms with E-state index >= 15 is 0 Å². The van der Waals surface area contributed by atoms with Gasteiger partial charge in [-0.3, -0.25) is 4.79 Å². The highest BCUT2D eigenvalue weighted by Gasteiger charge is 2.15. The molecule has 0 fully saturated rings. The molecule has 5 nitrogen and oxygen atoms in total. The molecule has 2 heterocycles. The van der Waals surface area contributed by atoms with Gasteiger partial charge in [-0.2, -0.15) is 0 Å².